The molecule has 1 N–H and O–H groups in total. The van der Waals surface area contributed by atoms with E-state index in [1.807, 2.05) is 0 Å². The third-order valence-electron chi connectivity index (χ3n) is 3.90. The zero-order valence-corrected chi connectivity index (χ0v) is 12.9. The Morgan fingerprint density at radius 3 is 1.88 bits per heavy atom. The molecule has 104 valence electrons. The molecule has 0 amide bonds. The van der Waals surface area contributed by atoms with Crippen molar-refractivity contribution in [2.75, 3.05) is 13.1 Å². The van der Waals surface area contributed by atoms with Gasteiger partial charge in [0.15, 0.2) is 0 Å². The quantitative estimate of drug-likeness (QED) is 0.509. The summed E-state index contributed by atoms with van der Waals surface area (Å²) in [5, 5.41) is 3.55. The van der Waals surface area contributed by atoms with Gasteiger partial charge in [-0.15, -0.1) is 0 Å². The Kier molecular flexibility index (Phi) is 11.0. The van der Waals surface area contributed by atoms with Crippen LogP contribution < -0.4 is 5.32 Å². The van der Waals surface area contributed by atoms with Crippen LogP contribution in [0.3, 0.4) is 0 Å². The summed E-state index contributed by atoms with van der Waals surface area (Å²) >= 11 is 0. The summed E-state index contributed by atoms with van der Waals surface area (Å²) in [5.41, 5.74) is 0. The van der Waals surface area contributed by atoms with Gasteiger partial charge in [-0.1, -0.05) is 53.9 Å². The smallest absolute Gasteiger partial charge is 0.00465 e. The molecule has 0 saturated heterocycles. The van der Waals surface area contributed by atoms with E-state index in [0.29, 0.717) is 0 Å². The third kappa shape index (κ3) is 10.8. The Balaban J connectivity index is 3.34. The Bertz CT molecular complexity index is 154. The molecule has 0 bridgehead atoms. The molecule has 0 spiro atoms. The van der Waals surface area contributed by atoms with Gasteiger partial charge in [0, 0.05) is 0 Å². The third-order valence-corrected chi connectivity index (χ3v) is 3.90. The van der Waals surface area contributed by atoms with Crippen LogP contribution in [0.1, 0.15) is 73.1 Å². The lowest BCUT2D eigenvalue weighted by Crippen LogP contribution is -2.19. The minimum absolute atomic E-state index is 0.829. The average Bonchev–Trinajstić information content (AvgIpc) is 2.29. The fourth-order valence-corrected chi connectivity index (χ4v) is 2.16. The molecule has 0 aromatic carbocycles. The lowest BCUT2D eigenvalue weighted by molar-refractivity contribution is 0.327. The zero-order valence-electron chi connectivity index (χ0n) is 12.9. The maximum atomic E-state index is 3.55. The van der Waals surface area contributed by atoms with Crippen molar-refractivity contribution in [3.63, 3.8) is 0 Å². The summed E-state index contributed by atoms with van der Waals surface area (Å²) in [7, 11) is 0. The van der Waals surface area contributed by atoms with Crippen molar-refractivity contribution in [1.29, 1.82) is 0 Å². The number of hydrogen-bond donors (Lipinski definition) is 1. The monoisotopic (exact) mass is 241 g/mol. The lowest BCUT2D eigenvalue weighted by atomic mass is 9.88. The SMILES string of the molecule is CCCCC(C)C(C)CCCNCCC(C)C. The summed E-state index contributed by atoms with van der Waals surface area (Å²) in [6.45, 7) is 14.1. The fraction of sp³-hybridized carbons (Fsp3) is 1.00. The number of rotatable bonds is 11. The highest BCUT2D eigenvalue weighted by atomic mass is 14.8. The lowest BCUT2D eigenvalue weighted by Gasteiger charge is -2.19. The molecule has 0 aromatic rings. The Morgan fingerprint density at radius 1 is 0.765 bits per heavy atom. The summed E-state index contributed by atoms with van der Waals surface area (Å²) in [4.78, 5) is 0. The minimum atomic E-state index is 0.829. The highest BCUT2D eigenvalue weighted by Crippen LogP contribution is 2.21. The van der Waals surface area contributed by atoms with Crippen LogP contribution in [0.5, 0.6) is 0 Å². The van der Waals surface area contributed by atoms with Crippen LogP contribution in [0, 0.1) is 17.8 Å². The van der Waals surface area contributed by atoms with Gasteiger partial charge in [0.25, 0.3) is 0 Å². The van der Waals surface area contributed by atoms with E-state index in [9.17, 15) is 0 Å². The molecule has 2 atom stereocenters. The molecule has 1 heteroatoms. The van der Waals surface area contributed by atoms with Gasteiger partial charge in [-0.2, -0.15) is 0 Å². The van der Waals surface area contributed by atoms with Crippen molar-refractivity contribution in [3.05, 3.63) is 0 Å². The van der Waals surface area contributed by atoms with Gasteiger partial charge in [0.1, 0.15) is 0 Å². The molecule has 0 rings (SSSR count). The van der Waals surface area contributed by atoms with Crippen LogP contribution in [0.2, 0.25) is 0 Å². The van der Waals surface area contributed by atoms with Gasteiger partial charge >= 0.3 is 0 Å². The summed E-state index contributed by atoms with van der Waals surface area (Å²) < 4.78 is 0. The van der Waals surface area contributed by atoms with E-state index in [2.05, 4.69) is 39.9 Å². The molecule has 2 unspecified atom stereocenters. The molecule has 0 saturated carbocycles. The first-order chi connectivity index (χ1) is 8.07. The molecule has 0 radical (unpaired) electrons. The molecule has 0 aliphatic rings. The number of unbranched alkanes of at least 4 members (excludes halogenated alkanes) is 1. The van der Waals surface area contributed by atoms with Crippen molar-refractivity contribution in [2.24, 2.45) is 17.8 Å². The second-order valence-corrected chi connectivity index (χ2v) is 6.17. The summed E-state index contributed by atoms with van der Waals surface area (Å²) in [6, 6.07) is 0. The normalized spacial score (nSPS) is 15.2. The van der Waals surface area contributed by atoms with Gasteiger partial charge in [0.2, 0.25) is 0 Å². The van der Waals surface area contributed by atoms with Crippen LogP contribution in [-0.2, 0) is 0 Å². The molecule has 0 aliphatic carbocycles. The molecule has 0 heterocycles. The minimum Gasteiger partial charge on any atom is -0.317 e. The van der Waals surface area contributed by atoms with Gasteiger partial charge in [-0.25, -0.2) is 0 Å². The molecule has 0 aliphatic heterocycles. The predicted molar refractivity (Wildman–Crippen MR) is 79.4 cm³/mol. The average molecular weight is 241 g/mol. The molecule has 1 nitrogen and oxygen atoms in total. The maximum Gasteiger partial charge on any atom is -0.00465 e. The van der Waals surface area contributed by atoms with E-state index in [1.165, 1.54) is 51.6 Å². The first kappa shape index (κ1) is 17.0. The van der Waals surface area contributed by atoms with Gasteiger partial charge in [-0.05, 0) is 50.1 Å². The van der Waals surface area contributed by atoms with Crippen molar-refractivity contribution in [3.8, 4) is 0 Å². The second-order valence-electron chi connectivity index (χ2n) is 6.17. The first-order valence-corrected chi connectivity index (χ1v) is 7.78. The maximum absolute atomic E-state index is 3.55. The van der Waals surface area contributed by atoms with Gasteiger partial charge in [0.05, 0.1) is 0 Å². The van der Waals surface area contributed by atoms with E-state index in [1.54, 1.807) is 0 Å². The highest BCUT2D eigenvalue weighted by molar-refractivity contribution is 4.63. The van der Waals surface area contributed by atoms with E-state index >= 15 is 0 Å². The first-order valence-electron chi connectivity index (χ1n) is 7.78. The summed E-state index contributed by atoms with van der Waals surface area (Å²) in [5.74, 6) is 2.63. The molecule has 0 fully saturated rings. The van der Waals surface area contributed by atoms with E-state index in [0.717, 1.165) is 17.8 Å². The number of hydrogen-bond acceptors (Lipinski definition) is 1. The predicted octanol–water partition coefficient (Wildman–Crippen LogP) is 4.86. The largest absolute Gasteiger partial charge is 0.317 e. The van der Waals surface area contributed by atoms with Crippen LogP contribution in [0.4, 0.5) is 0 Å². The van der Waals surface area contributed by atoms with Crippen LogP contribution in [-0.4, -0.2) is 13.1 Å². The van der Waals surface area contributed by atoms with Crippen molar-refractivity contribution < 1.29 is 0 Å². The molecular formula is C16H35N. The van der Waals surface area contributed by atoms with Crippen LogP contribution in [0.25, 0.3) is 0 Å². The molecule has 0 aromatic heterocycles. The Hall–Kier alpha value is -0.0400. The van der Waals surface area contributed by atoms with Gasteiger partial charge < -0.3 is 5.32 Å². The Morgan fingerprint density at radius 2 is 1.35 bits per heavy atom. The van der Waals surface area contributed by atoms with Crippen molar-refractivity contribution in [1.82, 2.24) is 5.32 Å². The van der Waals surface area contributed by atoms with Gasteiger partial charge in [-0.3, -0.25) is 0 Å². The molecular weight excluding hydrogens is 206 g/mol. The van der Waals surface area contributed by atoms with Crippen LogP contribution in [0.15, 0.2) is 0 Å². The van der Waals surface area contributed by atoms with Crippen LogP contribution >= 0.6 is 0 Å². The fourth-order valence-electron chi connectivity index (χ4n) is 2.16. The van der Waals surface area contributed by atoms with E-state index in [4.69, 9.17) is 0 Å². The topological polar surface area (TPSA) is 12.0 Å². The Labute approximate surface area is 110 Å². The van der Waals surface area contributed by atoms with E-state index in [-0.39, 0.29) is 0 Å². The zero-order chi connectivity index (χ0) is 13.1. The van der Waals surface area contributed by atoms with Crippen molar-refractivity contribution >= 4 is 0 Å². The highest BCUT2D eigenvalue weighted by Gasteiger charge is 2.10. The molecule has 17 heavy (non-hydrogen) atoms. The number of nitrogens with one attached hydrogen (secondary N) is 1. The second kappa shape index (κ2) is 11.1. The standard InChI is InChI=1S/C16H35N/c1-6-7-9-15(4)16(5)10-8-12-17-13-11-14(2)3/h14-17H,6-13H2,1-5H3. The summed E-state index contributed by atoms with van der Waals surface area (Å²) in [6.07, 6.45) is 8.20. The van der Waals surface area contributed by atoms with E-state index < -0.39 is 0 Å². The van der Waals surface area contributed by atoms with Crippen molar-refractivity contribution in [2.45, 2.75) is 73.1 Å².